The van der Waals surface area contributed by atoms with Crippen molar-refractivity contribution in [3.63, 3.8) is 0 Å². The number of hydrogen-bond acceptors (Lipinski definition) is 4. The highest BCUT2D eigenvalue weighted by atomic mass is 16.2. The molecule has 22 heavy (non-hydrogen) atoms. The van der Waals surface area contributed by atoms with Crippen molar-refractivity contribution in [2.24, 2.45) is 0 Å². The van der Waals surface area contributed by atoms with E-state index in [1.165, 1.54) is 0 Å². The minimum Gasteiger partial charge on any atom is -0.372 e. The third-order valence-electron chi connectivity index (χ3n) is 4.25. The smallest absolute Gasteiger partial charge is 0.251 e. The van der Waals surface area contributed by atoms with Gasteiger partial charge in [0.1, 0.15) is 0 Å². The fraction of sp³-hybridized carbons (Fsp3) is 0.500. The van der Waals surface area contributed by atoms with Gasteiger partial charge in [0.15, 0.2) is 0 Å². The van der Waals surface area contributed by atoms with E-state index in [2.05, 4.69) is 16.0 Å². The molecular formula is C16H22N4O2. The van der Waals surface area contributed by atoms with Crippen molar-refractivity contribution in [2.45, 2.75) is 25.3 Å². The minimum absolute atomic E-state index is 0.0142. The highest BCUT2D eigenvalue weighted by Gasteiger charge is 2.20. The maximum Gasteiger partial charge on any atom is 0.251 e. The summed E-state index contributed by atoms with van der Waals surface area (Å²) < 4.78 is 0. The summed E-state index contributed by atoms with van der Waals surface area (Å²) in [5.41, 5.74) is 2.24. The molecule has 118 valence electrons. The van der Waals surface area contributed by atoms with E-state index < -0.39 is 0 Å². The lowest BCUT2D eigenvalue weighted by atomic mass is 10.1. The molecule has 0 bridgehead atoms. The van der Waals surface area contributed by atoms with Crippen LogP contribution in [0.15, 0.2) is 18.2 Å². The quantitative estimate of drug-likeness (QED) is 0.760. The van der Waals surface area contributed by atoms with Crippen LogP contribution in [0.5, 0.6) is 0 Å². The average Bonchev–Trinajstić information content (AvgIpc) is 2.67. The van der Waals surface area contributed by atoms with Gasteiger partial charge < -0.3 is 20.9 Å². The van der Waals surface area contributed by atoms with Crippen LogP contribution in [-0.2, 0) is 4.79 Å². The van der Waals surface area contributed by atoms with Crippen LogP contribution in [0.1, 0.15) is 29.6 Å². The van der Waals surface area contributed by atoms with Gasteiger partial charge in [0.25, 0.3) is 5.91 Å². The number of benzene rings is 1. The van der Waals surface area contributed by atoms with E-state index in [1.54, 1.807) is 6.07 Å². The predicted octanol–water partition coefficient (Wildman–Crippen LogP) is 0.947. The third-order valence-corrected chi connectivity index (χ3v) is 4.25. The molecule has 2 heterocycles. The van der Waals surface area contributed by atoms with Gasteiger partial charge in [-0.2, -0.15) is 0 Å². The Morgan fingerprint density at radius 3 is 3.05 bits per heavy atom. The van der Waals surface area contributed by atoms with Gasteiger partial charge in [0, 0.05) is 38.2 Å². The maximum absolute atomic E-state index is 12.4. The molecule has 0 aliphatic carbocycles. The summed E-state index contributed by atoms with van der Waals surface area (Å²) in [7, 11) is 1.95. The summed E-state index contributed by atoms with van der Waals surface area (Å²) in [4.78, 5) is 26.2. The Hall–Kier alpha value is -2.08. The van der Waals surface area contributed by atoms with Crippen molar-refractivity contribution in [3.05, 3.63) is 23.8 Å². The highest BCUT2D eigenvalue weighted by Crippen LogP contribution is 2.28. The van der Waals surface area contributed by atoms with Crippen LogP contribution in [0, 0.1) is 0 Å². The number of carbonyl (C=O) groups excluding carboxylic acids is 2. The molecule has 6 heteroatoms. The van der Waals surface area contributed by atoms with Gasteiger partial charge in [-0.15, -0.1) is 0 Å². The van der Waals surface area contributed by atoms with E-state index in [1.807, 2.05) is 24.1 Å². The number of piperidine rings is 1. The number of hydrogen-bond donors (Lipinski definition) is 3. The summed E-state index contributed by atoms with van der Waals surface area (Å²) in [5.74, 6) is -0.0997. The monoisotopic (exact) mass is 302 g/mol. The number of carbonyl (C=O) groups is 2. The second-order valence-corrected chi connectivity index (χ2v) is 5.97. The summed E-state index contributed by atoms with van der Waals surface area (Å²) >= 11 is 0. The van der Waals surface area contributed by atoms with Crippen LogP contribution in [0.4, 0.5) is 11.4 Å². The molecule has 3 N–H and O–H groups in total. The zero-order chi connectivity index (χ0) is 15.5. The van der Waals surface area contributed by atoms with Crippen molar-refractivity contribution < 1.29 is 9.59 Å². The molecule has 1 atom stereocenters. The third kappa shape index (κ3) is 3.22. The van der Waals surface area contributed by atoms with Crippen LogP contribution in [0.25, 0.3) is 0 Å². The van der Waals surface area contributed by atoms with Gasteiger partial charge in [-0.1, -0.05) is 0 Å². The largest absolute Gasteiger partial charge is 0.372 e. The van der Waals surface area contributed by atoms with Gasteiger partial charge >= 0.3 is 0 Å². The van der Waals surface area contributed by atoms with Crippen molar-refractivity contribution in [1.82, 2.24) is 10.6 Å². The van der Waals surface area contributed by atoms with Crippen LogP contribution < -0.4 is 20.9 Å². The summed E-state index contributed by atoms with van der Waals surface area (Å²) in [6, 6.07) is 5.66. The molecule has 1 saturated heterocycles. The fourth-order valence-electron chi connectivity index (χ4n) is 2.96. The molecule has 2 amide bonds. The van der Waals surface area contributed by atoms with E-state index in [-0.39, 0.29) is 17.9 Å². The van der Waals surface area contributed by atoms with Gasteiger partial charge in [-0.3, -0.25) is 9.59 Å². The molecule has 1 fully saturated rings. The van der Waals surface area contributed by atoms with E-state index in [4.69, 9.17) is 0 Å². The first-order valence-corrected chi connectivity index (χ1v) is 7.80. The van der Waals surface area contributed by atoms with Crippen molar-refractivity contribution in [1.29, 1.82) is 0 Å². The van der Waals surface area contributed by atoms with E-state index in [0.717, 1.165) is 31.6 Å². The van der Waals surface area contributed by atoms with Crippen LogP contribution in [0.2, 0.25) is 0 Å². The first-order valence-electron chi connectivity index (χ1n) is 7.80. The van der Waals surface area contributed by atoms with E-state index in [9.17, 15) is 9.59 Å². The lowest BCUT2D eigenvalue weighted by molar-refractivity contribution is -0.115. The van der Waals surface area contributed by atoms with Crippen molar-refractivity contribution in [2.75, 3.05) is 36.9 Å². The molecule has 6 nitrogen and oxygen atoms in total. The lowest BCUT2D eigenvalue weighted by Crippen LogP contribution is -2.45. The normalized spacial score (nSPS) is 21.6. The molecule has 0 radical (unpaired) electrons. The minimum atomic E-state index is -0.0855. The predicted molar refractivity (Wildman–Crippen MR) is 86.3 cm³/mol. The van der Waals surface area contributed by atoms with Crippen LogP contribution in [-0.4, -0.2) is 44.5 Å². The zero-order valence-electron chi connectivity index (χ0n) is 12.8. The molecule has 0 saturated carbocycles. The number of rotatable bonds is 2. The van der Waals surface area contributed by atoms with Gasteiger partial charge in [0.05, 0.1) is 11.4 Å². The molecule has 1 aromatic carbocycles. The molecule has 0 aromatic heterocycles. The molecule has 1 unspecified atom stereocenters. The Balaban J connectivity index is 1.77. The van der Waals surface area contributed by atoms with Crippen molar-refractivity contribution in [3.8, 4) is 0 Å². The topological polar surface area (TPSA) is 73.5 Å². The summed E-state index contributed by atoms with van der Waals surface area (Å²) in [6.45, 7) is 2.51. The average molecular weight is 302 g/mol. The first-order chi connectivity index (χ1) is 10.6. The maximum atomic E-state index is 12.4. The second-order valence-electron chi connectivity index (χ2n) is 5.97. The van der Waals surface area contributed by atoms with Gasteiger partial charge in [-0.05, 0) is 37.6 Å². The number of nitrogens with zero attached hydrogens (tertiary/aromatic N) is 1. The molecule has 1 aromatic rings. The molecular weight excluding hydrogens is 280 g/mol. The first kappa shape index (κ1) is 14.8. The summed E-state index contributed by atoms with van der Waals surface area (Å²) in [5, 5.41) is 9.21. The fourth-order valence-corrected chi connectivity index (χ4v) is 2.96. The lowest BCUT2D eigenvalue weighted by Gasteiger charge is -2.24. The standard InChI is InChI=1S/C16H22N4O2/c1-20-8-6-15(21)19-13-9-11(4-5-14(13)20)16(22)18-12-3-2-7-17-10-12/h4-5,9,12,17H,2-3,6-8,10H2,1H3,(H,18,22)(H,19,21). The molecule has 0 spiro atoms. The molecule has 3 rings (SSSR count). The van der Waals surface area contributed by atoms with Crippen molar-refractivity contribution >= 4 is 23.2 Å². The van der Waals surface area contributed by atoms with E-state index >= 15 is 0 Å². The zero-order valence-corrected chi connectivity index (χ0v) is 12.8. The van der Waals surface area contributed by atoms with Gasteiger partial charge in [-0.25, -0.2) is 0 Å². The second kappa shape index (κ2) is 6.36. The SMILES string of the molecule is CN1CCC(=O)Nc2cc(C(=O)NC3CCCNC3)ccc21. The Morgan fingerprint density at radius 2 is 2.27 bits per heavy atom. The Morgan fingerprint density at radius 1 is 1.41 bits per heavy atom. The molecule has 2 aliphatic heterocycles. The number of fused-ring (bicyclic) bond motifs is 1. The number of amides is 2. The number of nitrogens with one attached hydrogen (secondary N) is 3. The summed E-state index contributed by atoms with van der Waals surface area (Å²) in [6.07, 6.45) is 2.54. The Bertz CT molecular complexity index is 582. The Labute approximate surface area is 130 Å². The van der Waals surface area contributed by atoms with Gasteiger partial charge in [0.2, 0.25) is 5.91 Å². The number of anilines is 2. The highest BCUT2D eigenvalue weighted by molar-refractivity contribution is 6.01. The van der Waals surface area contributed by atoms with E-state index in [0.29, 0.717) is 24.2 Å². The van der Waals surface area contributed by atoms with Crippen LogP contribution >= 0.6 is 0 Å². The van der Waals surface area contributed by atoms with Crippen LogP contribution in [0.3, 0.4) is 0 Å². The Kier molecular flexibility index (Phi) is 4.29. The molecule has 2 aliphatic rings.